The van der Waals surface area contributed by atoms with Gasteiger partial charge in [-0.1, -0.05) is 6.07 Å². The monoisotopic (exact) mass is 365 g/mol. The molecule has 1 aromatic heterocycles. The number of aromatic nitrogens is 1. The Kier molecular flexibility index (Phi) is 4.90. The first kappa shape index (κ1) is 17.7. The standard InChI is InChI=1S/C21H23N3O3/c1-14-4-7-16(13-18(14)21(26)24-9-11-27-12-10-24)23-20(25)17-3-2-8-22-19(17)15-5-6-15/h2-4,7-8,13,15H,5-6,9-12H2,1H3,(H,23,25). The maximum absolute atomic E-state index is 12.8. The van der Waals surface area contributed by atoms with Crippen molar-refractivity contribution >= 4 is 17.5 Å². The minimum Gasteiger partial charge on any atom is -0.378 e. The lowest BCUT2D eigenvalue weighted by molar-refractivity contribution is 0.0302. The molecule has 1 N–H and O–H groups in total. The Balaban J connectivity index is 1.54. The molecule has 6 heteroatoms. The van der Waals surface area contributed by atoms with Crippen LogP contribution < -0.4 is 5.32 Å². The molecule has 1 saturated heterocycles. The summed E-state index contributed by atoms with van der Waals surface area (Å²) in [4.78, 5) is 31.8. The summed E-state index contributed by atoms with van der Waals surface area (Å²) in [5.41, 5.74) is 3.61. The van der Waals surface area contributed by atoms with E-state index in [0.717, 1.165) is 24.1 Å². The molecule has 2 amide bonds. The number of carbonyl (C=O) groups is 2. The van der Waals surface area contributed by atoms with Gasteiger partial charge in [-0.2, -0.15) is 0 Å². The molecule has 2 fully saturated rings. The Morgan fingerprint density at radius 1 is 1.15 bits per heavy atom. The molecule has 2 aromatic rings. The predicted molar refractivity (Wildman–Crippen MR) is 102 cm³/mol. The zero-order chi connectivity index (χ0) is 18.8. The zero-order valence-electron chi connectivity index (χ0n) is 15.4. The number of amides is 2. The van der Waals surface area contributed by atoms with Gasteiger partial charge in [0.15, 0.2) is 0 Å². The lowest BCUT2D eigenvalue weighted by Crippen LogP contribution is -2.41. The minimum absolute atomic E-state index is 0.0213. The van der Waals surface area contributed by atoms with Crippen LogP contribution in [-0.2, 0) is 4.74 Å². The Morgan fingerprint density at radius 2 is 1.93 bits per heavy atom. The van der Waals surface area contributed by atoms with Gasteiger partial charge in [-0.15, -0.1) is 0 Å². The van der Waals surface area contributed by atoms with Crippen molar-refractivity contribution in [1.82, 2.24) is 9.88 Å². The number of carbonyl (C=O) groups excluding carboxylic acids is 2. The first-order valence-electron chi connectivity index (χ1n) is 9.37. The molecule has 27 heavy (non-hydrogen) atoms. The molecule has 1 aliphatic carbocycles. The molecule has 0 spiro atoms. The van der Waals surface area contributed by atoms with Crippen molar-refractivity contribution in [2.75, 3.05) is 31.6 Å². The first-order chi connectivity index (χ1) is 13.1. The molecule has 1 saturated carbocycles. The highest BCUT2D eigenvalue weighted by atomic mass is 16.5. The highest BCUT2D eigenvalue weighted by molar-refractivity contribution is 6.06. The van der Waals surface area contributed by atoms with Crippen LogP contribution in [0.3, 0.4) is 0 Å². The number of hydrogen-bond acceptors (Lipinski definition) is 4. The summed E-state index contributed by atoms with van der Waals surface area (Å²) in [6.07, 6.45) is 3.90. The largest absolute Gasteiger partial charge is 0.378 e. The number of anilines is 1. The van der Waals surface area contributed by atoms with Crippen LogP contribution in [0.4, 0.5) is 5.69 Å². The van der Waals surface area contributed by atoms with Gasteiger partial charge in [-0.25, -0.2) is 0 Å². The summed E-state index contributed by atoms with van der Waals surface area (Å²) in [7, 11) is 0. The number of hydrogen-bond donors (Lipinski definition) is 1. The molecule has 0 bridgehead atoms. The number of nitrogens with zero attached hydrogens (tertiary/aromatic N) is 2. The van der Waals surface area contributed by atoms with Gasteiger partial charge in [0, 0.05) is 36.5 Å². The van der Waals surface area contributed by atoms with Gasteiger partial charge in [-0.05, 0) is 49.6 Å². The number of rotatable bonds is 4. The highest BCUT2D eigenvalue weighted by Gasteiger charge is 2.29. The van der Waals surface area contributed by atoms with Crippen molar-refractivity contribution < 1.29 is 14.3 Å². The third-order valence-electron chi connectivity index (χ3n) is 5.07. The average molecular weight is 365 g/mol. The van der Waals surface area contributed by atoms with Gasteiger partial charge in [0.05, 0.1) is 24.5 Å². The lowest BCUT2D eigenvalue weighted by atomic mass is 10.1. The van der Waals surface area contributed by atoms with E-state index in [-0.39, 0.29) is 11.8 Å². The quantitative estimate of drug-likeness (QED) is 0.904. The second-order valence-electron chi connectivity index (χ2n) is 7.10. The maximum atomic E-state index is 12.8. The molecule has 140 valence electrons. The molecule has 2 heterocycles. The van der Waals surface area contributed by atoms with Crippen LogP contribution >= 0.6 is 0 Å². The van der Waals surface area contributed by atoms with Crippen molar-refractivity contribution in [2.45, 2.75) is 25.7 Å². The van der Waals surface area contributed by atoms with Gasteiger partial charge in [0.1, 0.15) is 0 Å². The second kappa shape index (κ2) is 7.48. The van der Waals surface area contributed by atoms with Crippen LogP contribution in [0.1, 0.15) is 50.7 Å². The summed E-state index contributed by atoms with van der Waals surface area (Å²) >= 11 is 0. The average Bonchev–Trinajstić information content (AvgIpc) is 3.55. The van der Waals surface area contributed by atoms with Gasteiger partial charge in [-0.3, -0.25) is 14.6 Å². The molecular formula is C21H23N3O3. The van der Waals surface area contributed by atoms with Crippen LogP contribution in [0.25, 0.3) is 0 Å². The fourth-order valence-corrected chi connectivity index (χ4v) is 3.36. The van der Waals surface area contributed by atoms with E-state index in [4.69, 9.17) is 4.74 Å². The fourth-order valence-electron chi connectivity index (χ4n) is 3.36. The predicted octanol–water partition coefficient (Wildman–Crippen LogP) is 2.99. The molecule has 1 aliphatic heterocycles. The molecular weight excluding hydrogens is 342 g/mol. The molecule has 0 unspecified atom stereocenters. The van der Waals surface area contributed by atoms with Gasteiger partial charge in [0.25, 0.3) is 11.8 Å². The van der Waals surface area contributed by atoms with Gasteiger partial charge in [0.2, 0.25) is 0 Å². The lowest BCUT2D eigenvalue weighted by Gasteiger charge is -2.27. The van der Waals surface area contributed by atoms with Gasteiger partial charge >= 0.3 is 0 Å². The summed E-state index contributed by atoms with van der Waals surface area (Å²) in [5.74, 6) is 0.189. The van der Waals surface area contributed by atoms with Gasteiger partial charge < -0.3 is 15.0 Å². The Morgan fingerprint density at radius 3 is 2.67 bits per heavy atom. The van der Waals surface area contributed by atoms with Crippen LogP contribution in [0, 0.1) is 6.92 Å². The van der Waals surface area contributed by atoms with Crippen molar-refractivity contribution in [1.29, 1.82) is 0 Å². The van der Waals surface area contributed by atoms with E-state index in [2.05, 4.69) is 10.3 Å². The first-order valence-corrected chi connectivity index (χ1v) is 9.37. The van der Waals surface area contributed by atoms with E-state index >= 15 is 0 Å². The van der Waals surface area contributed by atoms with E-state index in [1.807, 2.05) is 25.1 Å². The minimum atomic E-state index is -0.182. The van der Waals surface area contributed by atoms with Crippen molar-refractivity contribution in [2.24, 2.45) is 0 Å². The van der Waals surface area contributed by atoms with Crippen LogP contribution in [0.2, 0.25) is 0 Å². The molecule has 2 aliphatic rings. The smallest absolute Gasteiger partial charge is 0.257 e. The number of aryl methyl sites for hydroxylation is 1. The van der Waals surface area contributed by atoms with Crippen molar-refractivity contribution in [3.05, 3.63) is 58.9 Å². The summed E-state index contributed by atoms with van der Waals surface area (Å²) in [6, 6.07) is 9.05. The fraction of sp³-hybridized carbons (Fsp3) is 0.381. The Bertz CT molecular complexity index is 871. The number of pyridine rings is 1. The summed E-state index contributed by atoms with van der Waals surface area (Å²) < 4.78 is 5.32. The van der Waals surface area contributed by atoms with E-state index < -0.39 is 0 Å². The van der Waals surface area contributed by atoms with E-state index in [0.29, 0.717) is 49.0 Å². The third-order valence-corrected chi connectivity index (χ3v) is 5.07. The van der Waals surface area contributed by atoms with E-state index in [1.165, 1.54) is 0 Å². The van der Waals surface area contributed by atoms with Crippen LogP contribution in [0.5, 0.6) is 0 Å². The highest BCUT2D eigenvalue weighted by Crippen LogP contribution is 2.40. The summed E-state index contributed by atoms with van der Waals surface area (Å²) in [5, 5.41) is 2.93. The number of morpholine rings is 1. The SMILES string of the molecule is Cc1ccc(NC(=O)c2cccnc2C2CC2)cc1C(=O)N1CCOCC1. The topological polar surface area (TPSA) is 71.5 Å². The molecule has 1 aromatic carbocycles. The molecule has 6 nitrogen and oxygen atoms in total. The third kappa shape index (κ3) is 3.85. The van der Waals surface area contributed by atoms with Crippen LogP contribution in [-0.4, -0.2) is 48.0 Å². The van der Waals surface area contributed by atoms with Crippen LogP contribution in [0.15, 0.2) is 36.5 Å². The maximum Gasteiger partial charge on any atom is 0.257 e. The normalized spacial score (nSPS) is 16.9. The summed E-state index contributed by atoms with van der Waals surface area (Å²) in [6.45, 7) is 4.22. The second-order valence-corrected chi connectivity index (χ2v) is 7.10. The number of ether oxygens (including phenoxy) is 1. The number of nitrogens with one attached hydrogen (secondary N) is 1. The zero-order valence-corrected chi connectivity index (χ0v) is 15.4. The van der Waals surface area contributed by atoms with Crippen molar-refractivity contribution in [3.63, 3.8) is 0 Å². The van der Waals surface area contributed by atoms with E-state index in [9.17, 15) is 9.59 Å². The molecule has 0 radical (unpaired) electrons. The molecule has 0 atom stereocenters. The Hall–Kier alpha value is -2.73. The Labute approximate surface area is 158 Å². The number of benzene rings is 1. The van der Waals surface area contributed by atoms with E-state index in [1.54, 1.807) is 23.2 Å². The van der Waals surface area contributed by atoms with Crippen molar-refractivity contribution in [3.8, 4) is 0 Å². The molecule has 4 rings (SSSR count).